The first-order valence-corrected chi connectivity index (χ1v) is 8.30. The van der Waals surface area contributed by atoms with E-state index in [0.29, 0.717) is 12.0 Å². The van der Waals surface area contributed by atoms with Crippen LogP contribution < -0.4 is 10.2 Å². The van der Waals surface area contributed by atoms with Crippen molar-refractivity contribution in [3.63, 3.8) is 0 Å². The topological polar surface area (TPSA) is 41.1 Å². The van der Waals surface area contributed by atoms with Gasteiger partial charge in [0.2, 0.25) is 5.95 Å². The molecule has 0 unspecified atom stereocenters. The lowest BCUT2D eigenvalue weighted by Gasteiger charge is -2.33. The molecule has 2 heterocycles. The number of aryl methyl sites for hydroxylation is 1. The first kappa shape index (κ1) is 16.2. The summed E-state index contributed by atoms with van der Waals surface area (Å²) in [5.74, 6) is 2.10. The van der Waals surface area contributed by atoms with Crippen LogP contribution in [-0.2, 0) is 0 Å². The Morgan fingerprint density at radius 3 is 2.43 bits per heavy atom. The van der Waals surface area contributed by atoms with E-state index in [2.05, 4.69) is 50.9 Å². The quantitative estimate of drug-likeness (QED) is 0.904. The molecular formula is C17H30N4. The minimum atomic E-state index is 0.432. The van der Waals surface area contributed by atoms with Crippen molar-refractivity contribution in [2.75, 3.05) is 24.5 Å². The number of hydrogen-bond donors (Lipinski definition) is 1. The molecule has 118 valence electrons. The van der Waals surface area contributed by atoms with Gasteiger partial charge in [0.25, 0.3) is 0 Å². The van der Waals surface area contributed by atoms with Gasteiger partial charge in [-0.05, 0) is 64.6 Å². The number of nitrogens with one attached hydrogen (secondary N) is 1. The summed E-state index contributed by atoms with van der Waals surface area (Å²) < 4.78 is 0. The molecule has 2 rings (SSSR count). The average Bonchev–Trinajstić information content (AvgIpc) is 2.44. The van der Waals surface area contributed by atoms with Crippen molar-refractivity contribution < 1.29 is 0 Å². The van der Waals surface area contributed by atoms with Gasteiger partial charge in [-0.25, -0.2) is 9.97 Å². The van der Waals surface area contributed by atoms with Crippen LogP contribution >= 0.6 is 0 Å². The van der Waals surface area contributed by atoms with Crippen LogP contribution in [0.1, 0.15) is 57.8 Å². The van der Waals surface area contributed by atoms with Gasteiger partial charge in [-0.1, -0.05) is 13.8 Å². The maximum Gasteiger partial charge on any atom is 0.226 e. The van der Waals surface area contributed by atoms with Crippen molar-refractivity contribution >= 4 is 5.95 Å². The molecule has 1 aliphatic heterocycles. The highest BCUT2D eigenvalue weighted by molar-refractivity contribution is 5.34. The third-order valence-corrected chi connectivity index (χ3v) is 4.25. The maximum absolute atomic E-state index is 4.82. The Bertz CT molecular complexity index is 450. The van der Waals surface area contributed by atoms with Gasteiger partial charge < -0.3 is 10.2 Å². The van der Waals surface area contributed by atoms with E-state index < -0.39 is 0 Å². The molecular weight excluding hydrogens is 260 g/mol. The predicted octanol–water partition coefficient (Wildman–Crippen LogP) is 3.12. The Balaban J connectivity index is 2.20. The summed E-state index contributed by atoms with van der Waals surface area (Å²) in [6.07, 6.45) is 2.51. The third-order valence-electron chi connectivity index (χ3n) is 4.25. The molecule has 1 fully saturated rings. The average molecular weight is 290 g/mol. The van der Waals surface area contributed by atoms with E-state index in [1.807, 2.05) is 0 Å². The van der Waals surface area contributed by atoms with Gasteiger partial charge in [0.05, 0.1) is 0 Å². The summed E-state index contributed by atoms with van der Waals surface area (Å²) in [5.41, 5.74) is 2.22. The zero-order valence-corrected chi connectivity index (χ0v) is 14.2. The van der Waals surface area contributed by atoms with Crippen LogP contribution in [0.5, 0.6) is 0 Å². The molecule has 4 heteroatoms. The first-order chi connectivity index (χ1) is 9.97. The number of aromatic nitrogens is 2. The van der Waals surface area contributed by atoms with Gasteiger partial charge >= 0.3 is 0 Å². The molecule has 0 bridgehead atoms. The van der Waals surface area contributed by atoms with Gasteiger partial charge in [0, 0.05) is 24.0 Å². The highest BCUT2D eigenvalue weighted by atomic mass is 15.3. The molecule has 4 nitrogen and oxygen atoms in total. The predicted molar refractivity (Wildman–Crippen MR) is 88.9 cm³/mol. The normalized spacial score (nSPS) is 16.7. The van der Waals surface area contributed by atoms with Crippen LogP contribution in [-0.4, -0.2) is 35.6 Å². The lowest BCUT2D eigenvalue weighted by Crippen LogP contribution is -2.40. The molecule has 0 spiro atoms. The van der Waals surface area contributed by atoms with Gasteiger partial charge in [0.1, 0.15) is 0 Å². The highest BCUT2D eigenvalue weighted by Crippen LogP contribution is 2.22. The molecule has 1 N–H and O–H groups in total. The second-order valence-electron chi connectivity index (χ2n) is 6.83. The van der Waals surface area contributed by atoms with E-state index in [1.54, 1.807) is 0 Å². The Kier molecular flexibility index (Phi) is 5.57. The number of piperidine rings is 1. The minimum Gasteiger partial charge on any atom is -0.338 e. The fraction of sp³-hybridized carbons (Fsp3) is 0.765. The summed E-state index contributed by atoms with van der Waals surface area (Å²) >= 11 is 0. The number of rotatable bonds is 5. The van der Waals surface area contributed by atoms with Crippen LogP contribution in [0.2, 0.25) is 0 Å². The second kappa shape index (κ2) is 7.21. The number of hydrogen-bond acceptors (Lipinski definition) is 4. The van der Waals surface area contributed by atoms with Crippen LogP contribution in [0.25, 0.3) is 0 Å². The van der Waals surface area contributed by atoms with Gasteiger partial charge in [0.15, 0.2) is 0 Å². The van der Waals surface area contributed by atoms with Crippen LogP contribution in [0.15, 0.2) is 6.07 Å². The molecule has 0 saturated carbocycles. The highest BCUT2D eigenvalue weighted by Gasteiger charge is 2.21. The SMILES string of the molecule is Cc1cc(C(C)C)nc(N(CC2CCNCC2)C(C)C)n1. The Morgan fingerprint density at radius 2 is 1.86 bits per heavy atom. The summed E-state index contributed by atoms with van der Waals surface area (Å²) in [5, 5.41) is 3.44. The minimum absolute atomic E-state index is 0.432. The van der Waals surface area contributed by atoms with E-state index in [1.165, 1.54) is 12.8 Å². The Labute approximate surface area is 129 Å². The molecule has 21 heavy (non-hydrogen) atoms. The maximum atomic E-state index is 4.82. The molecule has 0 amide bonds. The molecule has 0 radical (unpaired) electrons. The Hall–Kier alpha value is -1.16. The van der Waals surface area contributed by atoms with E-state index in [9.17, 15) is 0 Å². The standard InChI is InChI=1S/C17H30N4/c1-12(2)16-10-14(5)19-17(20-16)21(13(3)4)11-15-6-8-18-9-7-15/h10,12-13,15,18H,6-9,11H2,1-5H3. The fourth-order valence-electron chi connectivity index (χ4n) is 2.87. The Morgan fingerprint density at radius 1 is 1.19 bits per heavy atom. The summed E-state index contributed by atoms with van der Waals surface area (Å²) in [6, 6.07) is 2.54. The number of nitrogens with zero attached hydrogens (tertiary/aromatic N) is 3. The van der Waals surface area contributed by atoms with Gasteiger partial charge in [-0.2, -0.15) is 0 Å². The van der Waals surface area contributed by atoms with Crippen LogP contribution in [0, 0.1) is 12.8 Å². The zero-order chi connectivity index (χ0) is 15.4. The van der Waals surface area contributed by atoms with Crippen LogP contribution in [0.3, 0.4) is 0 Å². The van der Waals surface area contributed by atoms with Crippen LogP contribution in [0.4, 0.5) is 5.95 Å². The monoisotopic (exact) mass is 290 g/mol. The fourth-order valence-corrected chi connectivity index (χ4v) is 2.87. The number of anilines is 1. The van der Waals surface area contributed by atoms with Crippen molar-refractivity contribution in [2.24, 2.45) is 5.92 Å². The van der Waals surface area contributed by atoms with E-state index in [-0.39, 0.29) is 0 Å². The smallest absolute Gasteiger partial charge is 0.226 e. The molecule has 0 aromatic carbocycles. The lowest BCUT2D eigenvalue weighted by molar-refractivity contribution is 0.366. The summed E-state index contributed by atoms with van der Waals surface area (Å²) in [7, 11) is 0. The molecule has 1 saturated heterocycles. The van der Waals surface area contributed by atoms with Crippen molar-refractivity contribution in [2.45, 2.75) is 59.4 Å². The molecule has 0 aliphatic carbocycles. The van der Waals surface area contributed by atoms with E-state index in [0.717, 1.165) is 42.9 Å². The van der Waals surface area contributed by atoms with Crippen molar-refractivity contribution in [3.8, 4) is 0 Å². The summed E-state index contributed by atoms with van der Waals surface area (Å²) in [6.45, 7) is 14.3. The van der Waals surface area contributed by atoms with Gasteiger partial charge in [-0.15, -0.1) is 0 Å². The van der Waals surface area contributed by atoms with Gasteiger partial charge in [-0.3, -0.25) is 0 Å². The van der Waals surface area contributed by atoms with E-state index in [4.69, 9.17) is 9.97 Å². The summed E-state index contributed by atoms with van der Waals surface area (Å²) in [4.78, 5) is 11.9. The van der Waals surface area contributed by atoms with E-state index >= 15 is 0 Å². The largest absolute Gasteiger partial charge is 0.338 e. The first-order valence-electron chi connectivity index (χ1n) is 8.30. The molecule has 1 aliphatic rings. The van der Waals surface area contributed by atoms with Crippen molar-refractivity contribution in [1.82, 2.24) is 15.3 Å². The lowest BCUT2D eigenvalue weighted by atomic mass is 9.97. The third kappa shape index (κ3) is 4.40. The van der Waals surface area contributed by atoms with Crippen molar-refractivity contribution in [1.29, 1.82) is 0 Å². The molecule has 1 aromatic rings. The second-order valence-corrected chi connectivity index (χ2v) is 6.83. The molecule has 0 atom stereocenters. The molecule has 1 aromatic heterocycles. The zero-order valence-electron chi connectivity index (χ0n) is 14.2. The van der Waals surface area contributed by atoms with Crippen molar-refractivity contribution in [3.05, 3.63) is 17.5 Å².